The predicted molar refractivity (Wildman–Crippen MR) is 90.6 cm³/mol. The Kier molecular flexibility index (Phi) is 4.79. The Hall–Kier alpha value is -1.32. The van der Waals surface area contributed by atoms with Crippen LogP contribution in [0.2, 0.25) is 0 Å². The fourth-order valence-corrected chi connectivity index (χ4v) is 4.66. The highest BCUT2D eigenvalue weighted by atomic mass is 16.2. The summed E-state index contributed by atoms with van der Waals surface area (Å²) in [5, 5.41) is 3.26. The van der Waals surface area contributed by atoms with Gasteiger partial charge in [-0.2, -0.15) is 0 Å². The number of carbonyl (C=O) groups is 2. The number of piperidine rings is 1. The minimum atomic E-state index is -0.445. The van der Waals surface area contributed by atoms with Gasteiger partial charge in [0.05, 0.1) is 5.41 Å². The molecule has 1 saturated carbocycles. The minimum Gasteiger partial charge on any atom is -0.353 e. The molecule has 0 aromatic carbocycles. The monoisotopic (exact) mass is 318 g/mol. The zero-order valence-electron chi connectivity index (χ0n) is 14.6. The molecule has 3 aliphatic rings. The topological polar surface area (TPSA) is 49.4 Å². The summed E-state index contributed by atoms with van der Waals surface area (Å²) in [6.07, 6.45) is 11.7. The molecule has 4 heteroatoms. The summed E-state index contributed by atoms with van der Waals surface area (Å²) in [6.45, 7) is 4.24. The van der Waals surface area contributed by atoms with Crippen molar-refractivity contribution in [2.24, 2.45) is 5.41 Å². The van der Waals surface area contributed by atoms with E-state index in [-0.39, 0.29) is 17.9 Å². The van der Waals surface area contributed by atoms with Gasteiger partial charge in [-0.1, -0.05) is 32.8 Å². The van der Waals surface area contributed by atoms with Gasteiger partial charge in [0.15, 0.2) is 0 Å². The number of allylic oxidation sites excluding steroid dienone is 1. The molecule has 1 heterocycles. The van der Waals surface area contributed by atoms with E-state index in [2.05, 4.69) is 25.2 Å². The van der Waals surface area contributed by atoms with Gasteiger partial charge in [-0.15, -0.1) is 0 Å². The molecule has 1 aliphatic heterocycles. The molecule has 0 aromatic heterocycles. The van der Waals surface area contributed by atoms with Crippen molar-refractivity contribution < 1.29 is 9.59 Å². The molecule has 23 heavy (non-hydrogen) atoms. The number of nitrogens with one attached hydrogen (secondary N) is 1. The minimum absolute atomic E-state index is 0.158. The third kappa shape index (κ3) is 2.81. The third-order valence-electron chi connectivity index (χ3n) is 6.14. The van der Waals surface area contributed by atoms with Crippen LogP contribution in [-0.4, -0.2) is 28.8 Å². The van der Waals surface area contributed by atoms with Crippen molar-refractivity contribution in [1.82, 2.24) is 10.2 Å². The van der Waals surface area contributed by atoms with Crippen LogP contribution in [0.1, 0.15) is 78.1 Å². The maximum Gasteiger partial charge on any atom is 0.232 e. The summed E-state index contributed by atoms with van der Waals surface area (Å²) in [7, 11) is 0. The molecule has 0 radical (unpaired) electrons. The lowest BCUT2D eigenvalue weighted by Gasteiger charge is -2.44. The highest BCUT2D eigenvalue weighted by Crippen LogP contribution is 2.50. The molecule has 128 valence electrons. The number of nitrogens with zero attached hydrogens (tertiary/aromatic N) is 1. The molecule has 2 aliphatic carbocycles. The summed E-state index contributed by atoms with van der Waals surface area (Å²) >= 11 is 0. The Morgan fingerprint density at radius 2 is 2.00 bits per heavy atom. The number of carbonyl (C=O) groups excluding carboxylic acids is 2. The summed E-state index contributed by atoms with van der Waals surface area (Å²) < 4.78 is 0. The highest BCUT2D eigenvalue weighted by molar-refractivity contribution is 5.91. The number of amides is 2. The second-order valence-corrected chi connectivity index (χ2v) is 7.40. The zero-order valence-corrected chi connectivity index (χ0v) is 14.6. The van der Waals surface area contributed by atoms with Crippen LogP contribution in [0.15, 0.2) is 11.8 Å². The smallest absolute Gasteiger partial charge is 0.232 e. The number of rotatable bonds is 5. The van der Waals surface area contributed by atoms with Gasteiger partial charge < -0.3 is 10.2 Å². The van der Waals surface area contributed by atoms with E-state index >= 15 is 0 Å². The molecule has 1 unspecified atom stereocenters. The van der Waals surface area contributed by atoms with Crippen LogP contribution in [-0.2, 0) is 9.59 Å². The van der Waals surface area contributed by atoms with Gasteiger partial charge in [0.2, 0.25) is 11.8 Å². The van der Waals surface area contributed by atoms with Crippen molar-refractivity contribution in [2.75, 3.05) is 0 Å². The van der Waals surface area contributed by atoms with Crippen molar-refractivity contribution >= 4 is 11.8 Å². The molecule has 0 bridgehead atoms. The van der Waals surface area contributed by atoms with Gasteiger partial charge in [-0.05, 0) is 44.9 Å². The third-order valence-corrected chi connectivity index (χ3v) is 6.14. The summed E-state index contributed by atoms with van der Waals surface area (Å²) in [5.41, 5.74) is 0.586. The predicted octanol–water partition coefficient (Wildman–Crippen LogP) is 3.52. The van der Waals surface area contributed by atoms with E-state index in [1.165, 1.54) is 12.8 Å². The van der Waals surface area contributed by atoms with Gasteiger partial charge in [0.1, 0.15) is 0 Å². The first-order valence-electron chi connectivity index (χ1n) is 9.46. The molecule has 4 nitrogen and oxygen atoms in total. The highest BCUT2D eigenvalue weighted by Gasteiger charge is 2.52. The van der Waals surface area contributed by atoms with Gasteiger partial charge in [-0.25, -0.2) is 0 Å². The van der Waals surface area contributed by atoms with Crippen LogP contribution in [0.3, 0.4) is 0 Å². The van der Waals surface area contributed by atoms with Gasteiger partial charge in [0, 0.05) is 24.2 Å². The maximum atomic E-state index is 13.1. The van der Waals surface area contributed by atoms with E-state index in [0.717, 1.165) is 44.2 Å². The Bertz CT molecular complexity index is 503. The largest absolute Gasteiger partial charge is 0.353 e. The number of fused-ring (bicyclic) bond motifs is 1. The molecule has 1 atom stereocenters. The number of hydrogen-bond donors (Lipinski definition) is 1. The van der Waals surface area contributed by atoms with Crippen molar-refractivity contribution in [3.05, 3.63) is 11.8 Å². The molecule has 0 aromatic rings. The fraction of sp³-hybridized carbons (Fsp3) is 0.789. The Morgan fingerprint density at radius 1 is 1.30 bits per heavy atom. The zero-order chi connectivity index (χ0) is 16.4. The molecular weight excluding hydrogens is 288 g/mol. The average Bonchev–Trinajstić information content (AvgIpc) is 3.22. The first-order chi connectivity index (χ1) is 11.1. The first-order valence-corrected chi connectivity index (χ1v) is 9.46. The summed E-state index contributed by atoms with van der Waals surface area (Å²) in [5.74, 6) is 0.390. The van der Waals surface area contributed by atoms with Gasteiger partial charge in [-0.3, -0.25) is 9.59 Å². The quantitative estimate of drug-likeness (QED) is 0.843. The second kappa shape index (κ2) is 6.66. The molecular formula is C19H30N2O2. The second-order valence-electron chi connectivity index (χ2n) is 7.40. The lowest BCUT2D eigenvalue weighted by atomic mass is 9.75. The van der Waals surface area contributed by atoms with E-state index in [0.29, 0.717) is 18.9 Å². The molecule has 3 rings (SSSR count). The molecule has 1 saturated heterocycles. The van der Waals surface area contributed by atoms with Crippen molar-refractivity contribution in [3.63, 3.8) is 0 Å². The van der Waals surface area contributed by atoms with Crippen LogP contribution in [0.4, 0.5) is 0 Å². The van der Waals surface area contributed by atoms with E-state index in [1.54, 1.807) is 0 Å². The average molecular weight is 318 g/mol. The Morgan fingerprint density at radius 3 is 2.65 bits per heavy atom. The van der Waals surface area contributed by atoms with Crippen LogP contribution < -0.4 is 5.32 Å². The van der Waals surface area contributed by atoms with Crippen LogP contribution in [0, 0.1) is 5.41 Å². The SMILES string of the molecule is CCC(CC)NC(=O)C12CCC=C1N(C1CCCC1)C(=O)CC2. The Labute approximate surface area is 139 Å². The maximum absolute atomic E-state index is 13.1. The molecule has 2 amide bonds. The molecule has 1 N–H and O–H groups in total. The van der Waals surface area contributed by atoms with Crippen LogP contribution in [0.25, 0.3) is 0 Å². The normalized spacial score (nSPS) is 28.2. The Balaban J connectivity index is 1.85. The molecule has 0 spiro atoms. The van der Waals surface area contributed by atoms with Crippen LogP contribution in [0.5, 0.6) is 0 Å². The number of hydrogen-bond acceptors (Lipinski definition) is 2. The first kappa shape index (κ1) is 16.5. The fourth-order valence-electron chi connectivity index (χ4n) is 4.66. The van der Waals surface area contributed by atoms with Crippen molar-refractivity contribution in [3.8, 4) is 0 Å². The number of likely N-dealkylation sites (tertiary alicyclic amines) is 1. The van der Waals surface area contributed by atoms with E-state index in [4.69, 9.17) is 0 Å². The lowest BCUT2D eigenvalue weighted by molar-refractivity contribution is -0.141. The van der Waals surface area contributed by atoms with Crippen LogP contribution >= 0.6 is 0 Å². The standard InChI is InChI=1S/C19H30N2O2/c1-3-14(4-2)20-18(23)19-12-7-10-16(19)21(17(22)11-13-19)15-8-5-6-9-15/h10,14-15H,3-9,11-13H2,1-2H3,(H,20,23). The van der Waals surface area contributed by atoms with E-state index in [9.17, 15) is 9.59 Å². The van der Waals surface area contributed by atoms with Crippen molar-refractivity contribution in [1.29, 1.82) is 0 Å². The van der Waals surface area contributed by atoms with Gasteiger partial charge >= 0.3 is 0 Å². The lowest BCUT2D eigenvalue weighted by Crippen LogP contribution is -2.54. The molecule has 2 fully saturated rings. The van der Waals surface area contributed by atoms with Gasteiger partial charge in [0.25, 0.3) is 0 Å². The van der Waals surface area contributed by atoms with E-state index in [1.807, 2.05) is 4.90 Å². The van der Waals surface area contributed by atoms with Crippen molar-refractivity contribution in [2.45, 2.75) is 90.1 Å². The van der Waals surface area contributed by atoms with E-state index < -0.39 is 5.41 Å². The summed E-state index contributed by atoms with van der Waals surface area (Å²) in [6, 6.07) is 0.573. The summed E-state index contributed by atoms with van der Waals surface area (Å²) in [4.78, 5) is 27.7.